The molecule has 0 amide bonds. The third-order valence-electron chi connectivity index (χ3n) is 6.20. The summed E-state index contributed by atoms with van der Waals surface area (Å²) in [6.45, 7) is 5.69. The Labute approximate surface area is 115 Å². The first-order valence-electron chi connectivity index (χ1n) is 7.72. The van der Waals surface area contributed by atoms with Crippen molar-refractivity contribution in [2.45, 2.75) is 76.9 Å². The summed E-state index contributed by atoms with van der Waals surface area (Å²) in [5.41, 5.74) is -0.891. The van der Waals surface area contributed by atoms with Gasteiger partial charge in [0.1, 0.15) is 5.60 Å². The highest BCUT2D eigenvalue weighted by atomic mass is 16.6. The van der Waals surface area contributed by atoms with E-state index in [0.717, 1.165) is 38.5 Å². The topological polar surface area (TPSA) is 46.5 Å². The Balaban J connectivity index is 1.96. The standard InChI is InChI=1S/C16H26O3/c1-4-14(3,19-11(2)17)15-6-12-5-13(7-15)9-16(18,8-12)10-15/h12-13,18H,4-10H2,1-3H3. The fourth-order valence-electron chi connectivity index (χ4n) is 5.71. The summed E-state index contributed by atoms with van der Waals surface area (Å²) in [6.07, 6.45) is 7.11. The van der Waals surface area contributed by atoms with Crippen LogP contribution in [0.4, 0.5) is 0 Å². The van der Waals surface area contributed by atoms with Crippen molar-refractivity contribution >= 4 is 5.97 Å². The molecule has 3 unspecified atom stereocenters. The third-order valence-corrected chi connectivity index (χ3v) is 6.20. The third kappa shape index (κ3) is 1.93. The van der Waals surface area contributed by atoms with Gasteiger partial charge >= 0.3 is 5.97 Å². The van der Waals surface area contributed by atoms with Gasteiger partial charge in [0.25, 0.3) is 0 Å². The minimum absolute atomic E-state index is 0.00620. The lowest BCUT2D eigenvalue weighted by Gasteiger charge is -2.64. The lowest BCUT2D eigenvalue weighted by molar-refractivity contribution is -0.236. The zero-order chi connectivity index (χ0) is 13.9. The van der Waals surface area contributed by atoms with Crippen molar-refractivity contribution in [3.05, 3.63) is 0 Å². The summed E-state index contributed by atoms with van der Waals surface area (Å²) < 4.78 is 5.77. The minimum atomic E-state index is -0.485. The van der Waals surface area contributed by atoms with Crippen molar-refractivity contribution in [2.75, 3.05) is 0 Å². The van der Waals surface area contributed by atoms with E-state index in [4.69, 9.17) is 4.74 Å². The molecule has 0 aromatic rings. The van der Waals surface area contributed by atoms with Gasteiger partial charge in [-0.3, -0.25) is 4.79 Å². The van der Waals surface area contributed by atoms with Crippen molar-refractivity contribution in [1.82, 2.24) is 0 Å². The number of aliphatic hydroxyl groups is 1. The van der Waals surface area contributed by atoms with Crippen LogP contribution < -0.4 is 0 Å². The molecule has 4 bridgehead atoms. The molecule has 108 valence electrons. The quantitative estimate of drug-likeness (QED) is 0.799. The van der Waals surface area contributed by atoms with Gasteiger partial charge in [0.15, 0.2) is 0 Å². The Hall–Kier alpha value is -0.570. The first kappa shape index (κ1) is 13.4. The van der Waals surface area contributed by atoms with Crippen molar-refractivity contribution in [2.24, 2.45) is 17.3 Å². The molecule has 4 saturated carbocycles. The lowest BCUT2D eigenvalue weighted by atomic mass is 9.44. The van der Waals surface area contributed by atoms with E-state index in [0.29, 0.717) is 11.8 Å². The fourth-order valence-corrected chi connectivity index (χ4v) is 5.71. The second kappa shape index (κ2) is 3.97. The van der Waals surface area contributed by atoms with Crippen LogP contribution in [0.2, 0.25) is 0 Å². The summed E-state index contributed by atoms with van der Waals surface area (Å²) in [4.78, 5) is 11.5. The zero-order valence-corrected chi connectivity index (χ0v) is 12.4. The van der Waals surface area contributed by atoms with E-state index >= 15 is 0 Å². The molecule has 0 heterocycles. The maximum Gasteiger partial charge on any atom is 0.303 e. The van der Waals surface area contributed by atoms with Gasteiger partial charge in [-0.2, -0.15) is 0 Å². The molecule has 0 aromatic carbocycles. The number of hydrogen-bond acceptors (Lipinski definition) is 3. The predicted molar refractivity (Wildman–Crippen MR) is 72.5 cm³/mol. The molecule has 0 saturated heterocycles. The Morgan fingerprint density at radius 3 is 2.32 bits per heavy atom. The van der Waals surface area contributed by atoms with E-state index < -0.39 is 11.2 Å². The Bertz CT molecular complexity index is 389. The molecule has 3 nitrogen and oxygen atoms in total. The van der Waals surface area contributed by atoms with Crippen molar-refractivity contribution in [1.29, 1.82) is 0 Å². The average Bonchev–Trinajstić information content (AvgIpc) is 2.24. The molecule has 3 atom stereocenters. The van der Waals surface area contributed by atoms with E-state index in [1.165, 1.54) is 13.3 Å². The molecule has 3 heteroatoms. The molecule has 4 aliphatic carbocycles. The number of carbonyl (C=O) groups excluding carboxylic acids is 1. The van der Waals surface area contributed by atoms with Crippen LogP contribution in [0.5, 0.6) is 0 Å². The van der Waals surface area contributed by atoms with E-state index in [9.17, 15) is 9.90 Å². The number of carbonyl (C=O) groups is 1. The second-order valence-electron chi connectivity index (χ2n) is 7.64. The van der Waals surface area contributed by atoms with Gasteiger partial charge in [-0.15, -0.1) is 0 Å². The van der Waals surface area contributed by atoms with E-state index in [1.807, 2.05) is 0 Å². The summed E-state index contributed by atoms with van der Waals surface area (Å²) in [5, 5.41) is 10.8. The van der Waals surface area contributed by atoms with Gasteiger partial charge in [-0.25, -0.2) is 0 Å². The monoisotopic (exact) mass is 266 g/mol. The Morgan fingerprint density at radius 2 is 1.89 bits per heavy atom. The van der Waals surface area contributed by atoms with Crippen LogP contribution in [0.25, 0.3) is 0 Å². The molecular formula is C16H26O3. The van der Waals surface area contributed by atoms with Crippen LogP contribution in [0.15, 0.2) is 0 Å². The SMILES string of the molecule is CCC(C)(OC(C)=O)C12CC3CC(CC(O)(C3)C1)C2. The predicted octanol–water partition coefficient (Wildman–Crippen LogP) is 3.05. The minimum Gasteiger partial charge on any atom is -0.459 e. The number of esters is 1. The average molecular weight is 266 g/mol. The van der Waals surface area contributed by atoms with E-state index in [2.05, 4.69) is 13.8 Å². The number of rotatable bonds is 3. The maximum atomic E-state index is 11.5. The molecule has 0 spiro atoms. The first-order chi connectivity index (χ1) is 8.80. The van der Waals surface area contributed by atoms with Crippen LogP contribution in [0.1, 0.15) is 65.7 Å². The molecule has 19 heavy (non-hydrogen) atoms. The smallest absolute Gasteiger partial charge is 0.303 e. The van der Waals surface area contributed by atoms with Crippen LogP contribution >= 0.6 is 0 Å². The van der Waals surface area contributed by atoms with Crippen molar-refractivity contribution in [3.8, 4) is 0 Å². The normalized spacial score (nSPS) is 46.9. The van der Waals surface area contributed by atoms with Gasteiger partial charge in [0.2, 0.25) is 0 Å². The first-order valence-corrected chi connectivity index (χ1v) is 7.72. The van der Waals surface area contributed by atoms with Crippen LogP contribution in [0.3, 0.4) is 0 Å². The molecule has 0 aromatic heterocycles. The molecule has 1 N–H and O–H groups in total. The molecular weight excluding hydrogens is 240 g/mol. The highest BCUT2D eigenvalue weighted by molar-refractivity contribution is 5.66. The summed E-state index contributed by atoms with van der Waals surface area (Å²) in [5.74, 6) is 1.08. The summed E-state index contributed by atoms with van der Waals surface area (Å²) >= 11 is 0. The fraction of sp³-hybridized carbons (Fsp3) is 0.938. The van der Waals surface area contributed by atoms with Gasteiger partial charge in [0.05, 0.1) is 5.60 Å². The highest BCUT2D eigenvalue weighted by Crippen LogP contribution is 2.66. The largest absolute Gasteiger partial charge is 0.459 e. The van der Waals surface area contributed by atoms with Gasteiger partial charge in [0, 0.05) is 12.3 Å². The van der Waals surface area contributed by atoms with Crippen molar-refractivity contribution in [3.63, 3.8) is 0 Å². The van der Waals surface area contributed by atoms with E-state index in [-0.39, 0.29) is 11.4 Å². The maximum absolute atomic E-state index is 11.5. The summed E-state index contributed by atoms with van der Waals surface area (Å²) in [6, 6.07) is 0. The Morgan fingerprint density at radius 1 is 1.32 bits per heavy atom. The zero-order valence-electron chi connectivity index (χ0n) is 12.4. The van der Waals surface area contributed by atoms with Crippen LogP contribution in [-0.2, 0) is 9.53 Å². The van der Waals surface area contributed by atoms with E-state index in [1.54, 1.807) is 0 Å². The second-order valence-corrected chi connectivity index (χ2v) is 7.64. The van der Waals surface area contributed by atoms with Gasteiger partial charge < -0.3 is 9.84 Å². The molecule has 0 aliphatic heterocycles. The summed E-state index contributed by atoms with van der Waals surface area (Å²) in [7, 11) is 0. The van der Waals surface area contributed by atoms with Crippen LogP contribution in [0, 0.1) is 17.3 Å². The molecule has 4 rings (SSSR count). The van der Waals surface area contributed by atoms with Crippen LogP contribution in [-0.4, -0.2) is 22.3 Å². The molecule has 4 fully saturated rings. The Kier molecular flexibility index (Phi) is 2.80. The number of ether oxygens (including phenoxy) is 1. The van der Waals surface area contributed by atoms with Gasteiger partial charge in [-0.05, 0) is 63.7 Å². The van der Waals surface area contributed by atoms with Gasteiger partial charge in [-0.1, -0.05) is 6.92 Å². The number of hydrogen-bond donors (Lipinski definition) is 1. The highest BCUT2D eigenvalue weighted by Gasteiger charge is 2.63. The molecule has 0 radical (unpaired) electrons. The molecule has 4 aliphatic rings. The van der Waals surface area contributed by atoms with Crippen molar-refractivity contribution < 1.29 is 14.6 Å². The lowest BCUT2D eigenvalue weighted by Crippen LogP contribution is -2.63.